The van der Waals surface area contributed by atoms with Crippen LogP contribution in [-0.4, -0.2) is 75.8 Å². The summed E-state index contributed by atoms with van der Waals surface area (Å²) in [6, 6.07) is 8.32. The van der Waals surface area contributed by atoms with E-state index in [9.17, 15) is 19.8 Å². The molecule has 1 aliphatic carbocycles. The number of nitrogens with zero attached hydrogens (tertiary/aromatic N) is 3. The fourth-order valence-electron chi connectivity index (χ4n) is 4.33. The molecule has 1 aromatic carbocycles. The molecule has 0 unspecified atom stereocenters. The number of amides is 1. The minimum Gasteiger partial charge on any atom is -0.478 e. The summed E-state index contributed by atoms with van der Waals surface area (Å²) < 4.78 is 6.33. The van der Waals surface area contributed by atoms with Gasteiger partial charge in [0.05, 0.1) is 18.2 Å². The number of hydrogen-bond acceptors (Lipinski definition) is 6. The third kappa shape index (κ3) is 6.04. The number of hydrogen-bond donors (Lipinski definition) is 2. The maximum Gasteiger partial charge on any atom is 0.336 e. The number of benzene rings is 1. The molecule has 2 heterocycles. The molecule has 2 N–H and O–H groups in total. The maximum atomic E-state index is 13.5. The summed E-state index contributed by atoms with van der Waals surface area (Å²) in [5.74, 6) is 5.75. The number of rotatable bonds is 7. The minimum absolute atomic E-state index is 0.0654. The number of aromatic carboxylic acids is 1. The monoisotopic (exact) mass is 491 g/mol. The van der Waals surface area contributed by atoms with Gasteiger partial charge < -0.3 is 19.8 Å². The van der Waals surface area contributed by atoms with Crippen LogP contribution in [0, 0.1) is 23.7 Å². The van der Waals surface area contributed by atoms with Crippen molar-refractivity contribution in [2.45, 2.75) is 45.4 Å². The molecule has 36 heavy (non-hydrogen) atoms. The summed E-state index contributed by atoms with van der Waals surface area (Å²) in [7, 11) is 1.91. The highest BCUT2D eigenvalue weighted by Gasteiger charge is 2.34. The van der Waals surface area contributed by atoms with E-state index in [1.54, 1.807) is 29.3 Å². The Kier molecular flexibility index (Phi) is 7.92. The van der Waals surface area contributed by atoms with E-state index >= 15 is 0 Å². The van der Waals surface area contributed by atoms with Crippen molar-refractivity contribution in [3.63, 3.8) is 0 Å². The van der Waals surface area contributed by atoms with Crippen LogP contribution < -0.4 is 4.74 Å². The number of fused-ring (bicyclic) bond motifs is 1. The first kappa shape index (κ1) is 25.7. The second kappa shape index (κ2) is 11.1. The number of aliphatic hydroxyl groups excluding tert-OH is 1. The van der Waals surface area contributed by atoms with E-state index in [-0.39, 0.29) is 42.0 Å². The lowest BCUT2D eigenvalue weighted by molar-refractivity contribution is 0.0325. The van der Waals surface area contributed by atoms with Crippen LogP contribution in [-0.2, 0) is 6.54 Å². The Morgan fingerprint density at radius 3 is 2.78 bits per heavy atom. The van der Waals surface area contributed by atoms with Gasteiger partial charge in [0.2, 0.25) is 5.88 Å². The van der Waals surface area contributed by atoms with Gasteiger partial charge in [0.25, 0.3) is 5.91 Å². The van der Waals surface area contributed by atoms with Crippen LogP contribution in [0.4, 0.5) is 0 Å². The third-order valence-electron chi connectivity index (χ3n) is 6.70. The molecule has 4 rings (SSSR count). The Morgan fingerprint density at radius 1 is 1.33 bits per heavy atom. The molecular formula is C28H33N3O5. The largest absolute Gasteiger partial charge is 0.478 e. The van der Waals surface area contributed by atoms with Gasteiger partial charge >= 0.3 is 5.97 Å². The van der Waals surface area contributed by atoms with Crippen molar-refractivity contribution in [2.75, 3.05) is 26.7 Å². The number of ether oxygens (including phenoxy) is 1. The van der Waals surface area contributed by atoms with Gasteiger partial charge in [-0.1, -0.05) is 37.0 Å². The topological polar surface area (TPSA) is 103 Å². The fraction of sp³-hybridized carbons (Fsp3) is 0.464. The summed E-state index contributed by atoms with van der Waals surface area (Å²) in [5, 5.41) is 19.4. The van der Waals surface area contributed by atoms with Gasteiger partial charge in [-0.15, -0.1) is 0 Å². The molecule has 1 fully saturated rings. The summed E-state index contributed by atoms with van der Waals surface area (Å²) in [6.45, 7) is 5.01. The van der Waals surface area contributed by atoms with Crippen molar-refractivity contribution in [3.05, 3.63) is 58.8 Å². The second-order valence-electron chi connectivity index (χ2n) is 9.90. The summed E-state index contributed by atoms with van der Waals surface area (Å²) in [5.41, 5.74) is 2.00. The van der Waals surface area contributed by atoms with Gasteiger partial charge in [0, 0.05) is 43.2 Å². The Balaban J connectivity index is 1.60. The summed E-state index contributed by atoms with van der Waals surface area (Å²) >= 11 is 0. The SMILES string of the molecule is C[C@@H]1CN([C@H](C)CO)C(=O)c2cc(C#CC3CC3)cnc2O[C@@H]1CN(C)Cc1ccccc1C(=O)O. The Hall–Kier alpha value is -3.41. The van der Waals surface area contributed by atoms with Crippen LogP contribution in [0.3, 0.4) is 0 Å². The van der Waals surface area contributed by atoms with Crippen molar-refractivity contribution >= 4 is 11.9 Å². The van der Waals surface area contributed by atoms with E-state index in [0.717, 1.165) is 12.8 Å². The third-order valence-corrected chi connectivity index (χ3v) is 6.70. The highest BCUT2D eigenvalue weighted by molar-refractivity contribution is 5.97. The van der Waals surface area contributed by atoms with E-state index in [4.69, 9.17) is 4.74 Å². The molecule has 190 valence electrons. The van der Waals surface area contributed by atoms with Crippen molar-refractivity contribution in [3.8, 4) is 17.7 Å². The van der Waals surface area contributed by atoms with Gasteiger partial charge in [0.15, 0.2) is 0 Å². The van der Waals surface area contributed by atoms with E-state index in [0.29, 0.717) is 42.2 Å². The Morgan fingerprint density at radius 2 is 2.08 bits per heavy atom. The molecule has 8 heteroatoms. The van der Waals surface area contributed by atoms with Crippen LogP contribution in [0.5, 0.6) is 5.88 Å². The number of likely N-dealkylation sites (N-methyl/N-ethyl adjacent to an activating group) is 1. The van der Waals surface area contributed by atoms with Gasteiger partial charge in [0.1, 0.15) is 11.7 Å². The number of carbonyl (C=O) groups excluding carboxylic acids is 1. The van der Waals surface area contributed by atoms with Crippen LogP contribution in [0.25, 0.3) is 0 Å². The smallest absolute Gasteiger partial charge is 0.336 e. The van der Waals surface area contributed by atoms with Crippen molar-refractivity contribution in [1.29, 1.82) is 0 Å². The van der Waals surface area contributed by atoms with Gasteiger partial charge in [-0.2, -0.15) is 0 Å². The lowest BCUT2D eigenvalue weighted by atomic mass is 9.99. The zero-order chi connectivity index (χ0) is 25.8. The minimum atomic E-state index is -0.958. The Labute approximate surface area is 211 Å². The molecule has 1 aliphatic heterocycles. The first-order valence-electron chi connectivity index (χ1n) is 12.4. The lowest BCUT2D eigenvalue weighted by Crippen LogP contribution is -2.49. The molecule has 3 atom stereocenters. The molecular weight excluding hydrogens is 458 g/mol. The van der Waals surface area contributed by atoms with Crippen LogP contribution in [0.1, 0.15) is 58.5 Å². The number of aliphatic hydroxyl groups is 1. The predicted octanol–water partition coefficient (Wildman–Crippen LogP) is 2.89. The summed E-state index contributed by atoms with van der Waals surface area (Å²) in [6.07, 6.45) is 3.54. The number of pyridine rings is 1. The molecule has 2 aliphatic rings. The highest BCUT2D eigenvalue weighted by atomic mass is 16.5. The average molecular weight is 492 g/mol. The first-order chi connectivity index (χ1) is 17.3. The molecule has 0 bridgehead atoms. The number of carbonyl (C=O) groups is 2. The molecule has 8 nitrogen and oxygen atoms in total. The number of aromatic nitrogens is 1. The lowest BCUT2D eigenvalue weighted by Gasteiger charge is -2.37. The number of carboxylic acids is 1. The van der Waals surface area contributed by atoms with E-state index in [2.05, 4.69) is 16.8 Å². The second-order valence-corrected chi connectivity index (χ2v) is 9.90. The zero-order valence-corrected chi connectivity index (χ0v) is 21.0. The Bertz CT molecular complexity index is 1180. The van der Waals surface area contributed by atoms with Crippen molar-refractivity contribution in [1.82, 2.24) is 14.8 Å². The normalized spacial score (nSPS) is 20.5. The van der Waals surface area contributed by atoms with Crippen LogP contribution in [0.15, 0.2) is 36.5 Å². The van der Waals surface area contributed by atoms with Crippen LogP contribution in [0.2, 0.25) is 0 Å². The summed E-state index contributed by atoms with van der Waals surface area (Å²) in [4.78, 5) is 33.3. The molecule has 0 radical (unpaired) electrons. The quantitative estimate of drug-likeness (QED) is 0.574. The highest BCUT2D eigenvalue weighted by Crippen LogP contribution is 2.29. The van der Waals surface area contributed by atoms with Crippen LogP contribution >= 0.6 is 0 Å². The van der Waals surface area contributed by atoms with Gasteiger partial charge in [-0.05, 0) is 44.5 Å². The predicted molar refractivity (Wildman–Crippen MR) is 135 cm³/mol. The van der Waals surface area contributed by atoms with E-state index in [1.807, 2.05) is 37.9 Å². The zero-order valence-electron chi connectivity index (χ0n) is 21.0. The molecule has 1 saturated carbocycles. The molecule has 1 aromatic heterocycles. The standard InChI is InChI=1S/C28H33N3O5/c1-18-14-31(19(2)17-32)27(33)24-12-21(11-10-20-8-9-20)13-29-26(24)36-25(18)16-30(3)15-22-6-4-5-7-23(22)28(34)35/h4-7,12-13,18-20,25,32H,8-9,14-17H2,1-3H3,(H,34,35)/t18-,19-,25-/m1/s1. The van der Waals surface area contributed by atoms with Gasteiger partial charge in [-0.3, -0.25) is 9.69 Å². The van der Waals surface area contributed by atoms with Crippen molar-refractivity contribution in [2.24, 2.45) is 11.8 Å². The molecule has 0 spiro atoms. The first-order valence-corrected chi connectivity index (χ1v) is 12.4. The maximum absolute atomic E-state index is 13.5. The van der Waals surface area contributed by atoms with Crippen molar-refractivity contribution < 1.29 is 24.5 Å². The fourth-order valence-corrected chi connectivity index (χ4v) is 4.33. The average Bonchev–Trinajstić information content (AvgIpc) is 3.69. The van der Waals surface area contributed by atoms with E-state index < -0.39 is 5.97 Å². The number of carboxylic acid groups (broad SMARTS) is 1. The van der Waals surface area contributed by atoms with E-state index in [1.165, 1.54) is 0 Å². The molecule has 0 saturated heterocycles. The molecule has 2 aromatic rings. The van der Waals surface area contributed by atoms with Gasteiger partial charge in [-0.25, -0.2) is 9.78 Å². The molecule has 1 amide bonds.